The summed E-state index contributed by atoms with van der Waals surface area (Å²) in [6.45, 7) is 6.36. The second kappa shape index (κ2) is 6.22. The van der Waals surface area contributed by atoms with Crippen LogP contribution >= 0.6 is 0 Å². The molecule has 2 aromatic rings. The molecule has 1 unspecified atom stereocenters. The summed E-state index contributed by atoms with van der Waals surface area (Å²) >= 11 is 0. The fourth-order valence-corrected chi connectivity index (χ4v) is 3.37. The van der Waals surface area contributed by atoms with Gasteiger partial charge >= 0.3 is 7.12 Å². The first kappa shape index (κ1) is 17.0. The van der Waals surface area contributed by atoms with E-state index in [1.165, 1.54) is 0 Å². The summed E-state index contributed by atoms with van der Waals surface area (Å²) in [5.41, 5.74) is 1.64. The van der Waals surface area contributed by atoms with Crippen molar-refractivity contribution in [2.75, 3.05) is 0 Å². The van der Waals surface area contributed by atoms with E-state index in [-0.39, 0.29) is 11.9 Å². The minimum absolute atomic E-state index is 0.0395. The van der Waals surface area contributed by atoms with Gasteiger partial charge in [-0.2, -0.15) is 0 Å². The van der Waals surface area contributed by atoms with Crippen LogP contribution in [0.15, 0.2) is 16.9 Å². The zero-order chi connectivity index (χ0) is 17.5. The Bertz CT molecular complexity index is 833. The molecule has 128 valence electrons. The maximum Gasteiger partial charge on any atom is 0.451 e. The van der Waals surface area contributed by atoms with Crippen LogP contribution in [-0.2, 0) is 13.0 Å². The van der Waals surface area contributed by atoms with Crippen LogP contribution in [0.1, 0.15) is 37.9 Å². The number of aromatic nitrogens is 2. The van der Waals surface area contributed by atoms with Crippen LogP contribution in [0.4, 0.5) is 0 Å². The number of ether oxygens (including phenoxy) is 1. The highest BCUT2D eigenvalue weighted by Crippen LogP contribution is 2.38. The molecule has 0 amide bonds. The van der Waals surface area contributed by atoms with Gasteiger partial charge in [-0.05, 0) is 58.5 Å². The van der Waals surface area contributed by atoms with Crippen molar-refractivity contribution >= 4 is 18.2 Å². The van der Waals surface area contributed by atoms with Crippen LogP contribution in [-0.4, -0.2) is 32.3 Å². The lowest BCUT2D eigenvalue weighted by Crippen LogP contribution is -2.40. The van der Waals surface area contributed by atoms with Crippen LogP contribution in [0.25, 0.3) is 11.0 Å². The molecule has 0 aromatic carbocycles. The van der Waals surface area contributed by atoms with E-state index in [1.807, 2.05) is 32.9 Å². The van der Waals surface area contributed by atoms with E-state index in [4.69, 9.17) is 14.8 Å². The van der Waals surface area contributed by atoms with Crippen LogP contribution < -0.4 is 10.3 Å². The molecule has 1 aliphatic rings. The van der Waals surface area contributed by atoms with Gasteiger partial charge in [-0.1, -0.05) is 0 Å². The monoisotopic (exact) mass is 330 g/mol. The number of nitrogens with zero attached hydrogens (tertiary/aromatic N) is 2. The lowest BCUT2D eigenvalue weighted by molar-refractivity contribution is 0.0607. The second-order valence-corrected chi connectivity index (χ2v) is 6.75. The van der Waals surface area contributed by atoms with E-state index in [0.29, 0.717) is 42.8 Å². The Morgan fingerprint density at radius 1 is 1.42 bits per heavy atom. The average Bonchev–Trinajstić information content (AvgIpc) is 2.53. The number of pyridine rings is 2. The third-order valence-electron chi connectivity index (χ3n) is 4.79. The lowest BCUT2D eigenvalue weighted by Gasteiger charge is -2.36. The topological polar surface area (TPSA) is 84.6 Å². The Kier molecular flexibility index (Phi) is 4.40. The van der Waals surface area contributed by atoms with Crippen LogP contribution in [0.3, 0.4) is 0 Å². The van der Waals surface area contributed by atoms with Crippen molar-refractivity contribution in [2.45, 2.75) is 58.5 Å². The maximum atomic E-state index is 12.8. The normalized spacial score (nSPS) is 19.9. The zero-order valence-electron chi connectivity index (χ0n) is 14.4. The fraction of sp³-hybridized carbons (Fsp3) is 0.529. The van der Waals surface area contributed by atoms with E-state index < -0.39 is 12.7 Å². The van der Waals surface area contributed by atoms with E-state index in [2.05, 4.69) is 4.98 Å². The summed E-state index contributed by atoms with van der Waals surface area (Å²) in [6.07, 6.45) is 2.06. The summed E-state index contributed by atoms with van der Waals surface area (Å²) in [5.74, 6) is 0.605. The molecular weight excluding hydrogens is 307 g/mol. The largest absolute Gasteiger partial charge is 0.486 e. The Morgan fingerprint density at radius 2 is 2.17 bits per heavy atom. The third-order valence-corrected chi connectivity index (χ3v) is 4.79. The smallest absolute Gasteiger partial charge is 0.451 e. The molecule has 0 saturated heterocycles. The van der Waals surface area contributed by atoms with Gasteiger partial charge < -0.3 is 14.8 Å². The Morgan fingerprint density at radius 3 is 2.83 bits per heavy atom. The molecule has 2 N–H and O–H groups in total. The summed E-state index contributed by atoms with van der Waals surface area (Å²) < 4.78 is 7.93. The van der Waals surface area contributed by atoms with Gasteiger partial charge in [-0.25, -0.2) is 4.98 Å². The summed E-state index contributed by atoms with van der Waals surface area (Å²) in [5, 5.41) is 19.1. The summed E-state index contributed by atoms with van der Waals surface area (Å²) in [6, 6.07) is 3.87. The molecule has 0 fully saturated rings. The Balaban J connectivity index is 2.14. The number of rotatable bonds is 4. The highest BCUT2D eigenvalue weighted by Gasteiger charge is 2.35. The molecule has 1 atom stereocenters. The summed E-state index contributed by atoms with van der Waals surface area (Å²) in [4.78, 5) is 17.4. The molecular formula is C17H23BN2O4. The van der Waals surface area contributed by atoms with Gasteiger partial charge in [0.1, 0.15) is 17.0 Å². The first-order valence-corrected chi connectivity index (χ1v) is 8.43. The van der Waals surface area contributed by atoms with Gasteiger partial charge in [0.05, 0.1) is 10.9 Å². The predicted molar refractivity (Wildman–Crippen MR) is 93.4 cm³/mol. The Hall–Kier alpha value is -1.86. The van der Waals surface area contributed by atoms with Gasteiger partial charge in [0.15, 0.2) is 0 Å². The quantitative estimate of drug-likeness (QED) is 0.833. The molecule has 24 heavy (non-hydrogen) atoms. The Labute approximate surface area is 141 Å². The molecule has 0 aliphatic carbocycles. The van der Waals surface area contributed by atoms with Crippen molar-refractivity contribution in [3.63, 3.8) is 0 Å². The molecule has 0 radical (unpaired) electrons. The average molecular weight is 330 g/mol. The van der Waals surface area contributed by atoms with Crippen molar-refractivity contribution in [3.05, 3.63) is 33.7 Å². The van der Waals surface area contributed by atoms with Crippen molar-refractivity contribution in [1.82, 2.24) is 9.55 Å². The lowest BCUT2D eigenvalue weighted by atomic mass is 9.77. The molecule has 3 heterocycles. The molecule has 0 saturated carbocycles. The number of hydrogen-bond acceptors (Lipinski definition) is 5. The van der Waals surface area contributed by atoms with E-state index in [1.54, 1.807) is 4.57 Å². The molecule has 1 aliphatic heterocycles. The number of fused-ring (bicyclic) bond motifs is 3. The van der Waals surface area contributed by atoms with E-state index in [9.17, 15) is 4.79 Å². The van der Waals surface area contributed by atoms with Crippen molar-refractivity contribution in [3.8, 4) is 5.75 Å². The third kappa shape index (κ3) is 2.94. The molecule has 3 rings (SSSR count). The minimum Gasteiger partial charge on any atom is -0.486 e. The van der Waals surface area contributed by atoms with Crippen molar-refractivity contribution in [2.24, 2.45) is 0 Å². The predicted octanol–water partition coefficient (Wildman–Crippen LogP) is 1.67. The van der Waals surface area contributed by atoms with Gasteiger partial charge in [0.2, 0.25) is 0 Å². The standard InChI is InChI=1S/C17H23BN2O4/c1-4-20-15-12(6-5-11(2)19-15)14-13(16(20)21)7-8-17(3,24-14)9-10-18(22)23/h5-6,22-23H,4,7-10H2,1-3H3. The molecule has 0 bridgehead atoms. The SMILES string of the molecule is CCn1c(=O)c2c(c3ccc(C)nc31)OC(C)(CCB(O)O)CC2. The van der Waals surface area contributed by atoms with Gasteiger partial charge in [-0.15, -0.1) is 0 Å². The van der Waals surface area contributed by atoms with Crippen LogP contribution in [0.2, 0.25) is 6.32 Å². The van der Waals surface area contributed by atoms with Crippen LogP contribution in [0, 0.1) is 6.92 Å². The molecule has 6 nitrogen and oxygen atoms in total. The maximum absolute atomic E-state index is 12.8. The van der Waals surface area contributed by atoms with Gasteiger partial charge in [0, 0.05) is 12.2 Å². The van der Waals surface area contributed by atoms with E-state index >= 15 is 0 Å². The number of hydrogen-bond donors (Lipinski definition) is 2. The van der Waals surface area contributed by atoms with Crippen LogP contribution in [0.5, 0.6) is 5.75 Å². The fourth-order valence-electron chi connectivity index (χ4n) is 3.37. The highest BCUT2D eigenvalue weighted by molar-refractivity contribution is 6.40. The van der Waals surface area contributed by atoms with Crippen molar-refractivity contribution < 1.29 is 14.8 Å². The first-order chi connectivity index (χ1) is 11.3. The summed E-state index contributed by atoms with van der Waals surface area (Å²) in [7, 11) is -1.35. The molecule has 7 heteroatoms. The highest BCUT2D eigenvalue weighted by atomic mass is 16.5. The van der Waals surface area contributed by atoms with E-state index in [0.717, 1.165) is 11.1 Å². The molecule has 2 aromatic heterocycles. The van der Waals surface area contributed by atoms with Gasteiger partial charge in [0.25, 0.3) is 5.56 Å². The number of aryl methyl sites for hydroxylation is 2. The second-order valence-electron chi connectivity index (χ2n) is 6.75. The first-order valence-electron chi connectivity index (χ1n) is 8.43. The molecule has 0 spiro atoms. The minimum atomic E-state index is -1.35. The zero-order valence-corrected chi connectivity index (χ0v) is 14.4. The van der Waals surface area contributed by atoms with Gasteiger partial charge in [-0.3, -0.25) is 9.36 Å². The van der Waals surface area contributed by atoms with Crippen molar-refractivity contribution in [1.29, 1.82) is 0 Å².